The second kappa shape index (κ2) is 8.23. The molecular formula is C21H27N5O3. The fourth-order valence-electron chi connectivity index (χ4n) is 4.15. The van der Waals surface area contributed by atoms with Crippen LogP contribution in [0.15, 0.2) is 29.1 Å². The number of hydrogen-bond donors (Lipinski definition) is 1. The highest BCUT2D eigenvalue weighted by atomic mass is 16.5. The Kier molecular flexibility index (Phi) is 5.51. The smallest absolute Gasteiger partial charge is 0.286 e. The molecule has 1 aliphatic heterocycles. The van der Waals surface area contributed by atoms with Crippen LogP contribution < -0.4 is 20.5 Å². The number of amides is 1. The van der Waals surface area contributed by atoms with Crippen molar-refractivity contribution >= 4 is 17.5 Å². The molecule has 1 amide bonds. The van der Waals surface area contributed by atoms with Crippen LogP contribution in [0, 0.1) is 5.92 Å². The summed E-state index contributed by atoms with van der Waals surface area (Å²) in [5, 5.41) is 11.2. The largest absolute Gasteiger partial charge is 0.494 e. The lowest BCUT2D eigenvalue weighted by Crippen LogP contribution is -2.44. The molecule has 1 fully saturated rings. The molecule has 1 aromatic heterocycles. The van der Waals surface area contributed by atoms with Crippen molar-refractivity contribution in [1.29, 1.82) is 0 Å². The van der Waals surface area contributed by atoms with E-state index in [1.807, 2.05) is 36.1 Å². The zero-order valence-electron chi connectivity index (χ0n) is 16.9. The number of rotatable bonds is 5. The van der Waals surface area contributed by atoms with E-state index in [9.17, 15) is 9.59 Å². The Labute approximate surface area is 169 Å². The quantitative estimate of drug-likeness (QED) is 0.834. The number of hydrogen-bond acceptors (Lipinski definition) is 6. The average Bonchev–Trinajstić information content (AvgIpc) is 3.16. The molecule has 8 nitrogen and oxygen atoms in total. The van der Waals surface area contributed by atoms with Gasteiger partial charge >= 0.3 is 0 Å². The fraction of sp³-hybridized carbons (Fsp3) is 0.524. The molecule has 29 heavy (non-hydrogen) atoms. The van der Waals surface area contributed by atoms with Gasteiger partial charge in [0.15, 0.2) is 0 Å². The van der Waals surface area contributed by atoms with E-state index < -0.39 is 5.91 Å². The van der Waals surface area contributed by atoms with Gasteiger partial charge in [0, 0.05) is 24.8 Å². The van der Waals surface area contributed by atoms with Crippen molar-refractivity contribution in [2.24, 2.45) is 5.92 Å². The highest BCUT2D eigenvalue weighted by Crippen LogP contribution is 2.28. The van der Waals surface area contributed by atoms with Gasteiger partial charge in [-0.3, -0.25) is 14.2 Å². The number of anilines is 2. The summed E-state index contributed by atoms with van der Waals surface area (Å²) in [5.41, 5.74) is 0.395. The van der Waals surface area contributed by atoms with Crippen molar-refractivity contribution in [1.82, 2.24) is 20.1 Å². The molecule has 0 saturated heterocycles. The lowest BCUT2D eigenvalue weighted by molar-refractivity contribution is 0.0901. The summed E-state index contributed by atoms with van der Waals surface area (Å²) in [6, 6.07) is 7.73. The van der Waals surface area contributed by atoms with Gasteiger partial charge in [-0.1, -0.05) is 19.8 Å². The molecule has 2 aliphatic rings. The van der Waals surface area contributed by atoms with E-state index in [0.717, 1.165) is 30.7 Å². The van der Waals surface area contributed by atoms with Gasteiger partial charge < -0.3 is 15.0 Å². The van der Waals surface area contributed by atoms with Crippen molar-refractivity contribution in [3.05, 3.63) is 40.3 Å². The summed E-state index contributed by atoms with van der Waals surface area (Å²) in [6.45, 7) is 5.76. The van der Waals surface area contributed by atoms with Crippen molar-refractivity contribution in [2.75, 3.05) is 18.1 Å². The molecule has 1 saturated carbocycles. The highest BCUT2D eigenvalue weighted by molar-refractivity contribution is 5.92. The molecule has 0 radical (unpaired) electrons. The van der Waals surface area contributed by atoms with Crippen LogP contribution in [0.3, 0.4) is 0 Å². The van der Waals surface area contributed by atoms with E-state index in [4.69, 9.17) is 4.74 Å². The summed E-state index contributed by atoms with van der Waals surface area (Å²) in [7, 11) is 0. The predicted molar refractivity (Wildman–Crippen MR) is 110 cm³/mol. The minimum Gasteiger partial charge on any atom is -0.494 e. The Morgan fingerprint density at radius 1 is 1.17 bits per heavy atom. The molecule has 4 rings (SSSR count). The third-order valence-electron chi connectivity index (χ3n) is 5.82. The molecular weight excluding hydrogens is 370 g/mol. The topological polar surface area (TPSA) is 89.3 Å². The second-order valence-corrected chi connectivity index (χ2v) is 7.73. The average molecular weight is 397 g/mol. The molecule has 2 unspecified atom stereocenters. The Balaban J connectivity index is 1.54. The summed E-state index contributed by atoms with van der Waals surface area (Å²) in [4.78, 5) is 27.5. The molecule has 1 aromatic carbocycles. The van der Waals surface area contributed by atoms with Gasteiger partial charge in [0.1, 0.15) is 5.75 Å². The van der Waals surface area contributed by atoms with Gasteiger partial charge in [0.25, 0.3) is 11.5 Å². The number of benzene rings is 1. The van der Waals surface area contributed by atoms with Crippen LogP contribution >= 0.6 is 0 Å². The molecule has 8 heteroatoms. The van der Waals surface area contributed by atoms with Gasteiger partial charge in [-0.25, -0.2) is 0 Å². The van der Waals surface area contributed by atoms with Gasteiger partial charge in [0.05, 0.1) is 6.61 Å². The molecule has 1 aliphatic carbocycles. The first-order chi connectivity index (χ1) is 14.1. The van der Waals surface area contributed by atoms with Crippen molar-refractivity contribution < 1.29 is 9.53 Å². The van der Waals surface area contributed by atoms with E-state index in [0.29, 0.717) is 31.6 Å². The lowest BCUT2D eigenvalue weighted by Gasteiger charge is -2.29. The monoisotopic (exact) mass is 397 g/mol. The number of aromatic nitrogens is 3. The second-order valence-electron chi connectivity index (χ2n) is 7.73. The van der Waals surface area contributed by atoms with Gasteiger partial charge in [0.2, 0.25) is 11.6 Å². The first-order valence-corrected chi connectivity index (χ1v) is 10.4. The molecule has 2 heterocycles. The van der Waals surface area contributed by atoms with Crippen LogP contribution in [0.25, 0.3) is 0 Å². The predicted octanol–water partition coefficient (Wildman–Crippen LogP) is 2.50. The summed E-state index contributed by atoms with van der Waals surface area (Å²) in [5.74, 6) is 1.24. The zero-order valence-corrected chi connectivity index (χ0v) is 16.9. The van der Waals surface area contributed by atoms with Gasteiger partial charge in [-0.05, 0) is 49.9 Å². The maximum absolute atomic E-state index is 12.9. The van der Waals surface area contributed by atoms with E-state index in [1.54, 1.807) is 0 Å². The number of carbonyl (C=O) groups excluding carboxylic acids is 1. The van der Waals surface area contributed by atoms with Crippen LogP contribution in [0.1, 0.15) is 50.0 Å². The van der Waals surface area contributed by atoms with E-state index in [1.165, 1.54) is 11.0 Å². The Bertz CT molecular complexity index is 940. The molecule has 2 aromatic rings. The van der Waals surface area contributed by atoms with Crippen LogP contribution in [-0.2, 0) is 6.54 Å². The number of carbonyl (C=O) groups is 1. The van der Waals surface area contributed by atoms with E-state index in [2.05, 4.69) is 22.4 Å². The first-order valence-electron chi connectivity index (χ1n) is 10.4. The van der Waals surface area contributed by atoms with Crippen molar-refractivity contribution in [3.8, 4) is 5.75 Å². The van der Waals surface area contributed by atoms with Crippen LogP contribution in [-0.4, -0.2) is 39.9 Å². The van der Waals surface area contributed by atoms with Crippen LogP contribution in [0.2, 0.25) is 0 Å². The summed E-state index contributed by atoms with van der Waals surface area (Å²) >= 11 is 0. The SMILES string of the molecule is CCOc1ccc(N2CCn3c2nnc(C(=O)NC2CCCCC2C)c3=O)cc1. The molecule has 1 N–H and O–H groups in total. The Hall–Kier alpha value is -2.90. The minimum atomic E-state index is -0.420. The molecule has 0 spiro atoms. The number of nitrogens with one attached hydrogen (secondary N) is 1. The van der Waals surface area contributed by atoms with Crippen molar-refractivity contribution in [2.45, 2.75) is 52.1 Å². The lowest BCUT2D eigenvalue weighted by atomic mass is 9.86. The van der Waals surface area contributed by atoms with E-state index >= 15 is 0 Å². The molecule has 154 valence electrons. The third kappa shape index (κ3) is 3.83. The van der Waals surface area contributed by atoms with Gasteiger partial charge in [-0.15, -0.1) is 10.2 Å². The first kappa shape index (κ1) is 19.4. The van der Waals surface area contributed by atoms with Crippen molar-refractivity contribution in [3.63, 3.8) is 0 Å². The van der Waals surface area contributed by atoms with Crippen LogP contribution in [0.5, 0.6) is 5.75 Å². The summed E-state index contributed by atoms with van der Waals surface area (Å²) in [6.07, 6.45) is 4.33. The highest BCUT2D eigenvalue weighted by Gasteiger charge is 2.29. The molecule has 0 bridgehead atoms. The normalized spacial score (nSPS) is 21.0. The Morgan fingerprint density at radius 3 is 2.66 bits per heavy atom. The third-order valence-corrected chi connectivity index (χ3v) is 5.82. The van der Waals surface area contributed by atoms with Gasteiger partial charge in [-0.2, -0.15) is 0 Å². The number of nitrogens with zero attached hydrogens (tertiary/aromatic N) is 4. The maximum Gasteiger partial charge on any atom is 0.286 e. The zero-order chi connectivity index (χ0) is 20.4. The Morgan fingerprint density at radius 2 is 1.93 bits per heavy atom. The standard InChI is InChI=1S/C21H27N5O3/c1-3-29-16-10-8-15(9-11-16)25-12-13-26-20(28)18(23-24-21(25)26)19(27)22-17-7-5-4-6-14(17)2/h8-11,14,17H,3-7,12-13H2,1-2H3,(H,22,27). The minimum absolute atomic E-state index is 0.0936. The summed E-state index contributed by atoms with van der Waals surface area (Å²) < 4.78 is 7.01. The molecule has 2 atom stereocenters. The number of ether oxygens (including phenoxy) is 1. The maximum atomic E-state index is 12.9. The number of fused-ring (bicyclic) bond motifs is 1. The van der Waals surface area contributed by atoms with E-state index in [-0.39, 0.29) is 17.3 Å². The van der Waals surface area contributed by atoms with Crippen LogP contribution in [0.4, 0.5) is 11.6 Å². The fourth-order valence-corrected chi connectivity index (χ4v) is 4.15.